The van der Waals surface area contributed by atoms with Crippen molar-refractivity contribution >= 4 is 17.3 Å². The molecule has 0 radical (unpaired) electrons. The number of carbonyl (C=O) groups is 1. The zero-order valence-corrected chi connectivity index (χ0v) is 10.1. The molecule has 5 heteroatoms. The first-order valence-electron chi connectivity index (χ1n) is 5.52. The fourth-order valence-electron chi connectivity index (χ4n) is 1.84. The van der Waals surface area contributed by atoms with Gasteiger partial charge in [0.1, 0.15) is 11.6 Å². The van der Waals surface area contributed by atoms with Crippen LogP contribution in [0.3, 0.4) is 0 Å². The molecule has 0 saturated carbocycles. The minimum Gasteiger partial charge on any atom is -0.478 e. The highest BCUT2D eigenvalue weighted by Crippen LogP contribution is 2.30. The fourth-order valence-corrected chi connectivity index (χ4v) is 1.84. The molecule has 0 aliphatic heterocycles. The molecule has 0 atom stereocenters. The zero-order valence-electron chi connectivity index (χ0n) is 10.1. The highest BCUT2D eigenvalue weighted by Gasteiger charge is 2.18. The summed E-state index contributed by atoms with van der Waals surface area (Å²) >= 11 is 0. The molecule has 0 fully saturated rings. The minimum absolute atomic E-state index is 0.0967. The number of benzene rings is 2. The summed E-state index contributed by atoms with van der Waals surface area (Å²) in [5.74, 6) is -2.39. The number of halogens is 2. The molecule has 0 saturated heterocycles. The summed E-state index contributed by atoms with van der Waals surface area (Å²) < 4.78 is 27.0. The number of aromatic carboxylic acids is 1. The number of rotatable bonds is 3. The Morgan fingerprint density at radius 3 is 2.47 bits per heavy atom. The molecule has 1 N–H and O–H groups in total. The van der Waals surface area contributed by atoms with E-state index in [1.807, 2.05) is 0 Å². The average molecular weight is 263 g/mol. The molecule has 0 amide bonds. The largest absolute Gasteiger partial charge is 0.478 e. The monoisotopic (exact) mass is 263 g/mol. The van der Waals surface area contributed by atoms with E-state index in [0.29, 0.717) is 5.69 Å². The molecule has 0 bridgehead atoms. The maximum absolute atomic E-state index is 13.8. The first-order chi connectivity index (χ1) is 9.00. The lowest BCUT2D eigenvalue weighted by molar-refractivity contribution is 0.0697. The minimum atomic E-state index is -1.24. The fraction of sp³-hybridized carbons (Fsp3) is 0.0714. The topological polar surface area (TPSA) is 40.5 Å². The second kappa shape index (κ2) is 5.06. The van der Waals surface area contributed by atoms with E-state index in [0.717, 1.165) is 6.07 Å². The number of carboxylic acids is 1. The van der Waals surface area contributed by atoms with Gasteiger partial charge in [0.2, 0.25) is 0 Å². The lowest BCUT2D eigenvalue weighted by Crippen LogP contribution is -2.16. The summed E-state index contributed by atoms with van der Waals surface area (Å²) in [6, 6.07) is 9.30. The molecule has 98 valence electrons. The second-order valence-corrected chi connectivity index (χ2v) is 3.98. The van der Waals surface area contributed by atoms with Gasteiger partial charge in [0, 0.05) is 12.7 Å². The number of carboxylic acid groups (broad SMARTS) is 1. The summed E-state index contributed by atoms with van der Waals surface area (Å²) in [7, 11) is 1.49. The Morgan fingerprint density at radius 2 is 1.84 bits per heavy atom. The van der Waals surface area contributed by atoms with Crippen molar-refractivity contribution in [3.63, 3.8) is 0 Å². The highest BCUT2D eigenvalue weighted by molar-refractivity contribution is 5.95. The van der Waals surface area contributed by atoms with E-state index in [9.17, 15) is 13.6 Å². The lowest BCUT2D eigenvalue weighted by Gasteiger charge is -2.22. The third kappa shape index (κ3) is 2.54. The SMILES string of the molecule is CN(c1cccc(F)c1)c1c(F)cccc1C(=O)O. The Kier molecular flexibility index (Phi) is 3.46. The second-order valence-electron chi connectivity index (χ2n) is 3.98. The van der Waals surface area contributed by atoms with E-state index >= 15 is 0 Å². The third-order valence-corrected chi connectivity index (χ3v) is 2.75. The zero-order chi connectivity index (χ0) is 14.0. The molecular weight excluding hydrogens is 252 g/mol. The molecule has 2 rings (SSSR count). The number of hydrogen-bond donors (Lipinski definition) is 1. The van der Waals surface area contributed by atoms with Crippen molar-refractivity contribution in [2.45, 2.75) is 0 Å². The van der Waals surface area contributed by atoms with Crippen LogP contribution in [0.2, 0.25) is 0 Å². The first kappa shape index (κ1) is 13.0. The van der Waals surface area contributed by atoms with Crippen LogP contribution in [0.5, 0.6) is 0 Å². The van der Waals surface area contributed by atoms with Gasteiger partial charge in [-0.15, -0.1) is 0 Å². The van der Waals surface area contributed by atoms with Crippen molar-refractivity contribution < 1.29 is 18.7 Å². The smallest absolute Gasteiger partial charge is 0.337 e. The molecule has 3 nitrogen and oxygen atoms in total. The van der Waals surface area contributed by atoms with Crippen LogP contribution < -0.4 is 4.90 Å². The maximum atomic E-state index is 13.8. The van der Waals surface area contributed by atoms with E-state index in [-0.39, 0.29) is 11.3 Å². The van der Waals surface area contributed by atoms with Crippen LogP contribution in [0, 0.1) is 11.6 Å². The number of anilines is 2. The molecule has 19 heavy (non-hydrogen) atoms. The first-order valence-corrected chi connectivity index (χ1v) is 5.52. The predicted molar refractivity (Wildman–Crippen MR) is 67.8 cm³/mol. The molecular formula is C14H11F2NO2. The van der Waals surface area contributed by atoms with Crippen LogP contribution in [0.4, 0.5) is 20.2 Å². The Bertz CT molecular complexity index is 629. The predicted octanol–water partition coefficient (Wildman–Crippen LogP) is 3.43. The van der Waals surface area contributed by atoms with Crippen LogP contribution in [0.25, 0.3) is 0 Å². The van der Waals surface area contributed by atoms with Gasteiger partial charge < -0.3 is 10.0 Å². The van der Waals surface area contributed by atoms with Gasteiger partial charge in [0.25, 0.3) is 0 Å². The summed E-state index contributed by atoms with van der Waals surface area (Å²) in [6.07, 6.45) is 0. The normalized spacial score (nSPS) is 10.3. The van der Waals surface area contributed by atoms with E-state index < -0.39 is 17.6 Å². The van der Waals surface area contributed by atoms with Gasteiger partial charge in [-0.1, -0.05) is 12.1 Å². The van der Waals surface area contributed by atoms with Gasteiger partial charge >= 0.3 is 5.97 Å². The van der Waals surface area contributed by atoms with Crippen molar-refractivity contribution in [2.24, 2.45) is 0 Å². The van der Waals surface area contributed by atoms with Gasteiger partial charge in [-0.05, 0) is 30.3 Å². The van der Waals surface area contributed by atoms with Crippen LogP contribution in [-0.4, -0.2) is 18.1 Å². The number of hydrogen-bond acceptors (Lipinski definition) is 2. The Balaban J connectivity index is 2.55. The van der Waals surface area contributed by atoms with Crippen molar-refractivity contribution in [3.8, 4) is 0 Å². The van der Waals surface area contributed by atoms with E-state index in [1.54, 1.807) is 6.07 Å². The summed E-state index contributed by atoms with van der Waals surface area (Å²) in [6.45, 7) is 0. The molecule has 0 heterocycles. The molecule has 2 aromatic carbocycles. The molecule has 0 spiro atoms. The van der Waals surface area contributed by atoms with E-state index in [1.165, 1.54) is 42.3 Å². The van der Waals surface area contributed by atoms with Crippen LogP contribution >= 0.6 is 0 Å². The van der Waals surface area contributed by atoms with Crippen LogP contribution in [0.15, 0.2) is 42.5 Å². The standard InChI is InChI=1S/C14H11F2NO2/c1-17(10-5-2-4-9(15)8-10)13-11(14(18)19)6-3-7-12(13)16/h2-8H,1H3,(H,18,19). The molecule has 0 unspecified atom stereocenters. The van der Waals surface area contributed by atoms with E-state index in [2.05, 4.69) is 0 Å². The summed E-state index contributed by atoms with van der Waals surface area (Å²) in [5.41, 5.74) is 0.0972. The van der Waals surface area contributed by atoms with Crippen molar-refractivity contribution in [1.82, 2.24) is 0 Å². The Hall–Kier alpha value is -2.43. The van der Waals surface area contributed by atoms with Crippen LogP contribution in [0.1, 0.15) is 10.4 Å². The van der Waals surface area contributed by atoms with Gasteiger partial charge in [-0.2, -0.15) is 0 Å². The maximum Gasteiger partial charge on any atom is 0.337 e. The molecule has 0 aromatic heterocycles. The van der Waals surface area contributed by atoms with Gasteiger partial charge in [-0.25, -0.2) is 13.6 Å². The molecule has 0 aliphatic carbocycles. The Morgan fingerprint density at radius 1 is 1.16 bits per heavy atom. The summed E-state index contributed by atoms with van der Waals surface area (Å²) in [4.78, 5) is 12.4. The summed E-state index contributed by atoms with van der Waals surface area (Å²) in [5, 5.41) is 9.07. The van der Waals surface area contributed by atoms with Gasteiger partial charge in [-0.3, -0.25) is 0 Å². The van der Waals surface area contributed by atoms with Crippen molar-refractivity contribution in [2.75, 3.05) is 11.9 Å². The van der Waals surface area contributed by atoms with Crippen LogP contribution in [-0.2, 0) is 0 Å². The molecule has 2 aromatic rings. The van der Waals surface area contributed by atoms with Crippen molar-refractivity contribution in [3.05, 3.63) is 59.7 Å². The molecule has 0 aliphatic rings. The number of nitrogens with zero attached hydrogens (tertiary/aromatic N) is 1. The lowest BCUT2D eigenvalue weighted by atomic mass is 10.1. The van der Waals surface area contributed by atoms with Gasteiger partial charge in [0.05, 0.1) is 11.3 Å². The Labute approximate surface area is 108 Å². The van der Waals surface area contributed by atoms with Crippen molar-refractivity contribution in [1.29, 1.82) is 0 Å². The number of para-hydroxylation sites is 1. The highest BCUT2D eigenvalue weighted by atomic mass is 19.1. The quantitative estimate of drug-likeness (QED) is 0.922. The average Bonchev–Trinajstić information content (AvgIpc) is 2.37. The third-order valence-electron chi connectivity index (χ3n) is 2.75. The van der Waals surface area contributed by atoms with E-state index in [4.69, 9.17) is 5.11 Å². The van der Waals surface area contributed by atoms with Gasteiger partial charge in [0.15, 0.2) is 0 Å².